The minimum Gasteiger partial charge on any atom is -0.457 e. The summed E-state index contributed by atoms with van der Waals surface area (Å²) < 4.78 is 5.78. The van der Waals surface area contributed by atoms with Crippen LogP contribution < -0.4 is 10.5 Å². The summed E-state index contributed by atoms with van der Waals surface area (Å²) in [6.45, 7) is 0. The van der Waals surface area contributed by atoms with Crippen LogP contribution in [0, 0.1) is 0 Å². The topological polar surface area (TPSA) is 52.3 Å². The van der Waals surface area contributed by atoms with Gasteiger partial charge >= 0.3 is 0 Å². The number of hydrogen-bond acceptors (Lipinski definition) is 2. The highest BCUT2D eigenvalue weighted by Crippen LogP contribution is 2.27. The van der Waals surface area contributed by atoms with Crippen LogP contribution in [0.2, 0.25) is 0 Å². The zero-order valence-electron chi connectivity index (χ0n) is 10.7. The molecule has 3 rings (SSSR count). The van der Waals surface area contributed by atoms with E-state index in [2.05, 4.69) is 0 Å². The second-order valence-electron chi connectivity index (χ2n) is 4.47. The molecule has 0 saturated heterocycles. The fraction of sp³-hybridized carbons (Fsp3) is 0. The van der Waals surface area contributed by atoms with Gasteiger partial charge in [-0.1, -0.05) is 42.5 Å². The number of primary amides is 1. The molecule has 3 heteroatoms. The molecule has 1 amide bonds. The van der Waals surface area contributed by atoms with Crippen LogP contribution in [0.5, 0.6) is 11.5 Å². The van der Waals surface area contributed by atoms with Crippen LogP contribution >= 0.6 is 0 Å². The van der Waals surface area contributed by atoms with Crippen molar-refractivity contribution in [2.45, 2.75) is 0 Å². The molecule has 3 aromatic carbocycles. The molecule has 2 N–H and O–H groups in total. The predicted molar refractivity (Wildman–Crippen MR) is 79.0 cm³/mol. The average Bonchev–Trinajstić information content (AvgIpc) is 2.47. The summed E-state index contributed by atoms with van der Waals surface area (Å²) in [5, 5.41) is 2.23. The summed E-state index contributed by atoms with van der Waals surface area (Å²) in [7, 11) is 0. The summed E-state index contributed by atoms with van der Waals surface area (Å²) in [5.74, 6) is 0.647. The summed E-state index contributed by atoms with van der Waals surface area (Å²) >= 11 is 0. The van der Waals surface area contributed by atoms with Gasteiger partial charge in [0.15, 0.2) is 0 Å². The minimum atomic E-state index is -0.499. The third-order valence-electron chi connectivity index (χ3n) is 3.10. The number of amides is 1. The Hall–Kier alpha value is -2.81. The summed E-state index contributed by atoms with van der Waals surface area (Å²) in [6, 6.07) is 20.8. The lowest BCUT2D eigenvalue weighted by Gasteiger charge is -2.09. The molecule has 0 saturated carbocycles. The first-order valence-electron chi connectivity index (χ1n) is 6.29. The van der Waals surface area contributed by atoms with Gasteiger partial charge < -0.3 is 10.5 Å². The van der Waals surface area contributed by atoms with E-state index in [0.717, 1.165) is 10.8 Å². The number of benzene rings is 3. The van der Waals surface area contributed by atoms with Crippen LogP contribution in [-0.2, 0) is 0 Å². The molecule has 3 aromatic rings. The van der Waals surface area contributed by atoms with Crippen molar-refractivity contribution in [3.63, 3.8) is 0 Å². The van der Waals surface area contributed by atoms with E-state index in [1.54, 1.807) is 18.2 Å². The molecule has 0 aliphatic heterocycles. The van der Waals surface area contributed by atoms with Gasteiger partial charge in [0, 0.05) is 0 Å². The molecule has 0 aromatic heterocycles. The fourth-order valence-electron chi connectivity index (χ4n) is 2.12. The molecule has 20 heavy (non-hydrogen) atoms. The lowest BCUT2D eigenvalue weighted by Crippen LogP contribution is -2.11. The van der Waals surface area contributed by atoms with Crippen LogP contribution in [0.3, 0.4) is 0 Å². The first-order chi connectivity index (χ1) is 9.74. The van der Waals surface area contributed by atoms with E-state index in [4.69, 9.17) is 10.5 Å². The number of hydrogen-bond donors (Lipinski definition) is 1. The second-order valence-corrected chi connectivity index (χ2v) is 4.47. The van der Waals surface area contributed by atoms with Gasteiger partial charge in [0.2, 0.25) is 0 Å². The standard InChI is InChI=1S/C17H13NO2/c18-17(19)15-7-3-4-8-16(15)20-14-10-9-12-5-1-2-6-13(12)11-14/h1-11H,(H2,18,19). The molecular formula is C17H13NO2. The highest BCUT2D eigenvalue weighted by atomic mass is 16.5. The van der Waals surface area contributed by atoms with Crippen molar-refractivity contribution in [3.8, 4) is 11.5 Å². The molecular weight excluding hydrogens is 250 g/mol. The molecule has 0 heterocycles. The molecule has 3 nitrogen and oxygen atoms in total. The van der Waals surface area contributed by atoms with E-state index in [-0.39, 0.29) is 0 Å². The fourth-order valence-corrected chi connectivity index (χ4v) is 2.12. The van der Waals surface area contributed by atoms with Gasteiger partial charge in [0.25, 0.3) is 5.91 Å². The minimum absolute atomic E-state index is 0.376. The quantitative estimate of drug-likeness (QED) is 0.782. The van der Waals surface area contributed by atoms with Crippen molar-refractivity contribution < 1.29 is 9.53 Å². The normalized spacial score (nSPS) is 10.4. The highest BCUT2D eigenvalue weighted by Gasteiger charge is 2.09. The molecule has 0 spiro atoms. The van der Waals surface area contributed by atoms with Gasteiger partial charge in [-0.05, 0) is 35.0 Å². The van der Waals surface area contributed by atoms with Crippen LogP contribution in [0.1, 0.15) is 10.4 Å². The third kappa shape index (κ3) is 2.34. The van der Waals surface area contributed by atoms with Crippen molar-refractivity contribution in [2.24, 2.45) is 5.73 Å². The number of fused-ring (bicyclic) bond motifs is 1. The van der Waals surface area contributed by atoms with Gasteiger partial charge in [-0.3, -0.25) is 4.79 Å². The molecule has 0 atom stereocenters. The van der Waals surface area contributed by atoms with Crippen molar-refractivity contribution >= 4 is 16.7 Å². The Morgan fingerprint density at radius 3 is 2.35 bits per heavy atom. The maximum Gasteiger partial charge on any atom is 0.252 e. The van der Waals surface area contributed by atoms with Crippen LogP contribution in [-0.4, -0.2) is 5.91 Å². The second kappa shape index (κ2) is 5.05. The van der Waals surface area contributed by atoms with Crippen LogP contribution in [0.4, 0.5) is 0 Å². The number of rotatable bonds is 3. The molecule has 0 aliphatic rings. The van der Waals surface area contributed by atoms with E-state index in [1.165, 1.54) is 0 Å². The predicted octanol–water partition coefficient (Wildman–Crippen LogP) is 3.73. The first-order valence-corrected chi connectivity index (χ1v) is 6.29. The zero-order valence-corrected chi connectivity index (χ0v) is 10.7. The maximum absolute atomic E-state index is 11.4. The van der Waals surface area contributed by atoms with Gasteiger partial charge in [-0.15, -0.1) is 0 Å². The summed E-state index contributed by atoms with van der Waals surface area (Å²) in [6.07, 6.45) is 0. The van der Waals surface area contributed by atoms with Crippen molar-refractivity contribution in [1.82, 2.24) is 0 Å². The van der Waals surface area contributed by atoms with E-state index in [1.807, 2.05) is 48.5 Å². The third-order valence-corrected chi connectivity index (χ3v) is 3.10. The smallest absolute Gasteiger partial charge is 0.252 e. The Morgan fingerprint density at radius 1 is 0.850 bits per heavy atom. The number of ether oxygens (including phenoxy) is 1. The maximum atomic E-state index is 11.4. The zero-order chi connectivity index (χ0) is 13.9. The summed E-state index contributed by atoms with van der Waals surface area (Å²) in [5.41, 5.74) is 5.72. The van der Waals surface area contributed by atoms with E-state index in [0.29, 0.717) is 17.1 Å². The van der Waals surface area contributed by atoms with Gasteiger partial charge in [-0.2, -0.15) is 0 Å². The van der Waals surface area contributed by atoms with Gasteiger partial charge in [0.1, 0.15) is 11.5 Å². The monoisotopic (exact) mass is 263 g/mol. The Labute approximate surface area is 116 Å². The van der Waals surface area contributed by atoms with E-state index < -0.39 is 5.91 Å². The molecule has 0 radical (unpaired) electrons. The summed E-state index contributed by atoms with van der Waals surface area (Å²) in [4.78, 5) is 11.4. The van der Waals surface area contributed by atoms with Crippen molar-refractivity contribution in [2.75, 3.05) is 0 Å². The van der Waals surface area contributed by atoms with Crippen LogP contribution in [0.15, 0.2) is 66.7 Å². The van der Waals surface area contributed by atoms with Gasteiger partial charge in [-0.25, -0.2) is 0 Å². The van der Waals surface area contributed by atoms with E-state index in [9.17, 15) is 4.79 Å². The number of carbonyl (C=O) groups is 1. The SMILES string of the molecule is NC(=O)c1ccccc1Oc1ccc2ccccc2c1. The molecule has 0 aliphatic carbocycles. The Morgan fingerprint density at radius 2 is 1.55 bits per heavy atom. The van der Waals surface area contributed by atoms with Crippen LogP contribution in [0.25, 0.3) is 10.8 Å². The lowest BCUT2D eigenvalue weighted by atomic mass is 10.1. The molecule has 0 fully saturated rings. The van der Waals surface area contributed by atoms with Crippen molar-refractivity contribution in [3.05, 3.63) is 72.3 Å². The van der Waals surface area contributed by atoms with E-state index >= 15 is 0 Å². The lowest BCUT2D eigenvalue weighted by molar-refractivity contribution is 0.0998. The highest BCUT2D eigenvalue weighted by molar-refractivity contribution is 5.95. The first kappa shape index (κ1) is 12.2. The van der Waals surface area contributed by atoms with Gasteiger partial charge in [0.05, 0.1) is 5.56 Å². The van der Waals surface area contributed by atoms with Crippen molar-refractivity contribution in [1.29, 1.82) is 0 Å². The average molecular weight is 263 g/mol. The Balaban J connectivity index is 1.99. The molecule has 0 bridgehead atoms. The number of para-hydroxylation sites is 1. The Kier molecular flexibility index (Phi) is 3.09. The number of carbonyl (C=O) groups excluding carboxylic acids is 1. The molecule has 98 valence electrons. The largest absolute Gasteiger partial charge is 0.457 e. The number of nitrogens with two attached hydrogens (primary N) is 1. The molecule has 0 unspecified atom stereocenters. The Bertz CT molecular complexity index is 781.